The van der Waals surface area contributed by atoms with Crippen molar-refractivity contribution >= 4 is 34.5 Å². The molecular formula is C11H9CuN3O2S. The van der Waals surface area contributed by atoms with Crippen LogP contribution in [0.15, 0.2) is 44.8 Å². The van der Waals surface area contributed by atoms with Gasteiger partial charge in [-0.1, -0.05) is 12.1 Å². The topological polar surface area (TPSA) is 80.6 Å². The van der Waals surface area contributed by atoms with Crippen molar-refractivity contribution < 1.29 is 21.5 Å². The van der Waals surface area contributed by atoms with Crippen molar-refractivity contribution in [1.29, 1.82) is 0 Å². The predicted molar refractivity (Wildman–Crippen MR) is 70.0 cm³/mol. The number of hydrogen-bond donors (Lipinski definition) is 2. The Bertz CT molecular complexity index is 654. The van der Waals surface area contributed by atoms with Gasteiger partial charge in [0.05, 0.1) is 17.2 Å². The number of thiocarbonyl (C=S) groups is 1. The van der Waals surface area contributed by atoms with Crippen LogP contribution in [0.3, 0.4) is 0 Å². The van der Waals surface area contributed by atoms with Gasteiger partial charge in [0.1, 0.15) is 11.8 Å². The number of para-hydroxylation sites is 1. The molecule has 0 bridgehead atoms. The second-order valence-corrected chi connectivity index (χ2v) is 3.69. The first-order valence-corrected chi connectivity index (χ1v) is 5.18. The van der Waals surface area contributed by atoms with Gasteiger partial charge in [-0.05, 0) is 24.4 Å². The molecule has 0 unspecified atom stereocenters. The van der Waals surface area contributed by atoms with Crippen molar-refractivity contribution in [3.63, 3.8) is 0 Å². The molecule has 1 heterocycles. The Labute approximate surface area is 119 Å². The number of rotatable bonds is 2. The Balaban J connectivity index is 0.00000162. The smallest absolute Gasteiger partial charge is 0.201 e. The molecule has 0 aliphatic rings. The molecule has 0 spiro atoms. The quantitative estimate of drug-likeness (QED) is 0.374. The minimum absolute atomic E-state index is 0. The standard InChI is InChI=1S/C11H9N3O2S.Cu/c12-11(17)14-13-5-7-6-16-9-4-2-1-3-8(9)10(7)15;/h1-6H,(H3,12,14,17);/b13-5-;. The van der Waals surface area contributed by atoms with Crippen molar-refractivity contribution in [2.45, 2.75) is 0 Å². The first kappa shape index (κ1) is 14.4. The number of fused-ring (bicyclic) bond motifs is 1. The Kier molecular flexibility index (Phi) is 5.03. The van der Waals surface area contributed by atoms with Crippen molar-refractivity contribution in [1.82, 2.24) is 5.43 Å². The first-order chi connectivity index (χ1) is 8.18. The molecular weight excluding hydrogens is 302 g/mol. The molecule has 0 atom stereocenters. The molecule has 2 rings (SSSR count). The van der Waals surface area contributed by atoms with Crippen LogP contribution in [0.4, 0.5) is 0 Å². The van der Waals surface area contributed by atoms with Crippen LogP contribution >= 0.6 is 12.2 Å². The van der Waals surface area contributed by atoms with E-state index < -0.39 is 0 Å². The maximum absolute atomic E-state index is 12.0. The summed E-state index contributed by atoms with van der Waals surface area (Å²) in [6.45, 7) is 0. The fourth-order valence-electron chi connectivity index (χ4n) is 1.35. The molecule has 1 aromatic carbocycles. The van der Waals surface area contributed by atoms with Crippen molar-refractivity contribution in [3.8, 4) is 0 Å². The minimum atomic E-state index is -0.152. The summed E-state index contributed by atoms with van der Waals surface area (Å²) < 4.78 is 5.30. The average molecular weight is 311 g/mol. The van der Waals surface area contributed by atoms with Gasteiger partial charge in [-0.15, -0.1) is 0 Å². The molecule has 7 heteroatoms. The molecule has 97 valence electrons. The predicted octanol–water partition coefficient (Wildman–Crippen LogP) is 0.958. The minimum Gasteiger partial charge on any atom is -0.463 e. The Morgan fingerprint density at radius 3 is 2.89 bits per heavy atom. The number of nitrogens with two attached hydrogens (primary N) is 1. The average Bonchev–Trinajstić information content (AvgIpc) is 2.32. The van der Waals surface area contributed by atoms with Crippen LogP contribution in [0, 0.1) is 0 Å². The maximum Gasteiger partial charge on any atom is 0.201 e. The summed E-state index contributed by atoms with van der Waals surface area (Å²) in [6, 6.07) is 6.99. The number of hydrogen-bond acceptors (Lipinski definition) is 4. The second-order valence-electron chi connectivity index (χ2n) is 3.25. The zero-order valence-electron chi connectivity index (χ0n) is 9.01. The third-order valence-corrected chi connectivity index (χ3v) is 2.18. The Hall–Kier alpha value is -1.69. The van der Waals surface area contributed by atoms with Crippen LogP contribution in [0.5, 0.6) is 0 Å². The summed E-state index contributed by atoms with van der Waals surface area (Å²) >= 11 is 4.57. The van der Waals surface area contributed by atoms with Gasteiger partial charge in [-0.25, -0.2) is 0 Å². The fourth-order valence-corrected chi connectivity index (χ4v) is 1.40. The van der Waals surface area contributed by atoms with Gasteiger partial charge in [-0.2, -0.15) is 5.10 Å². The summed E-state index contributed by atoms with van der Waals surface area (Å²) in [5.74, 6) is 0. The molecule has 0 amide bonds. The number of hydrazone groups is 1. The molecule has 18 heavy (non-hydrogen) atoms. The van der Waals surface area contributed by atoms with E-state index in [1.165, 1.54) is 12.5 Å². The van der Waals surface area contributed by atoms with Crippen LogP contribution in [-0.2, 0) is 17.1 Å². The zero-order chi connectivity index (χ0) is 12.3. The van der Waals surface area contributed by atoms with Gasteiger partial charge in [0, 0.05) is 17.1 Å². The molecule has 2 aromatic rings. The Morgan fingerprint density at radius 1 is 1.44 bits per heavy atom. The monoisotopic (exact) mass is 310 g/mol. The van der Waals surface area contributed by atoms with Crippen LogP contribution in [0.1, 0.15) is 5.56 Å². The van der Waals surface area contributed by atoms with E-state index in [1.807, 2.05) is 0 Å². The van der Waals surface area contributed by atoms with Gasteiger partial charge in [0.25, 0.3) is 0 Å². The summed E-state index contributed by atoms with van der Waals surface area (Å²) in [6.07, 6.45) is 2.66. The van der Waals surface area contributed by atoms with Crippen LogP contribution in [-0.4, -0.2) is 11.3 Å². The van der Waals surface area contributed by atoms with Gasteiger partial charge < -0.3 is 10.2 Å². The van der Waals surface area contributed by atoms with E-state index >= 15 is 0 Å². The van der Waals surface area contributed by atoms with Crippen molar-refractivity contribution in [2.24, 2.45) is 10.8 Å². The van der Waals surface area contributed by atoms with E-state index in [4.69, 9.17) is 10.2 Å². The Morgan fingerprint density at radius 2 is 2.17 bits per heavy atom. The number of nitrogens with one attached hydrogen (secondary N) is 1. The summed E-state index contributed by atoms with van der Waals surface area (Å²) in [4.78, 5) is 12.0. The SMILES string of the molecule is NC(=S)N/N=C\c1coc2ccccc2c1=O.[Cu]. The summed E-state index contributed by atoms with van der Waals surface area (Å²) in [7, 11) is 0. The van der Waals surface area contributed by atoms with Crippen LogP contribution in [0.2, 0.25) is 0 Å². The van der Waals surface area contributed by atoms with E-state index in [9.17, 15) is 4.79 Å². The third kappa shape index (κ3) is 3.16. The maximum atomic E-state index is 12.0. The molecule has 0 aliphatic carbocycles. The molecule has 0 saturated carbocycles. The van der Waals surface area contributed by atoms with Gasteiger partial charge in [-0.3, -0.25) is 10.2 Å². The van der Waals surface area contributed by atoms with E-state index in [0.717, 1.165) is 0 Å². The molecule has 0 fully saturated rings. The van der Waals surface area contributed by atoms with Gasteiger partial charge in [0.15, 0.2) is 5.11 Å². The molecule has 3 N–H and O–H groups in total. The van der Waals surface area contributed by atoms with Gasteiger partial charge >= 0.3 is 0 Å². The van der Waals surface area contributed by atoms with E-state index in [-0.39, 0.29) is 27.6 Å². The van der Waals surface area contributed by atoms with Gasteiger partial charge in [0.2, 0.25) is 5.43 Å². The first-order valence-electron chi connectivity index (χ1n) is 4.77. The van der Waals surface area contributed by atoms with Crippen molar-refractivity contribution in [3.05, 3.63) is 46.3 Å². The van der Waals surface area contributed by atoms with E-state index in [2.05, 4.69) is 22.7 Å². The molecule has 5 nitrogen and oxygen atoms in total. The van der Waals surface area contributed by atoms with Crippen LogP contribution < -0.4 is 16.6 Å². The summed E-state index contributed by atoms with van der Waals surface area (Å²) in [5, 5.41) is 4.25. The number of nitrogens with zero attached hydrogens (tertiary/aromatic N) is 1. The largest absolute Gasteiger partial charge is 0.463 e. The van der Waals surface area contributed by atoms with Crippen LogP contribution in [0.25, 0.3) is 11.0 Å². The fraction of sp³-hybridized carbons (Fsp3) is 0. The van der Waals surface area contributed by atoms with E-state index in [1.54, 1.807) is 24.3 Å². The van der Waals surface area contributed by atoms with E-state index in [0.29, 0.717) is 16.5 Å². The second kappa shape index (κ2) is 6.30. The molecule has 1 radical (unpaired) electrons. The third-order valence-electron chi connectivity index (χ3n) is 2.09. The van der Waals surface area contributed by atoms with Crippen molar-refractivity contribution in [2.75, 3.05) is 0 Å². The normalized spacial score (nSPS) is 10.2. The molecule has 1 aromatic heterocycles. The zero-order valence-corrected chi connectivity index (χ0v) is 10.8. The summed E-state index contributed by atoms with van der Waals surface area (Å²) in [5.41, 5.74) is 8.27. The molecule has 0 saturated heterocycles. The molecule has 0 aliphatic heterocycles. The number of benzene rings is 1.